The van der Waals surface area contributed by atoms with E-state index in [9.17, 15) is 14.9 Å². The smallest absolute Gasteiger partial charge is 0.232 e. The molecule has 9 heteroatoms. The van der Waals surface area contributed by atoms with Crippen molar-refractivity contribution in [2.24, 2.45) is 5.92 Å². The maximum absolute atomic E-state index is 12.4. The fourth-order valence-electron chi connectivity index (χ4n) is 3.80. The van der Waals surface area contributed by atoms with Gasteiger partial charge in [0, 0.05) is 49.6 Å². The second-order valence-corrected chi connectivity index (χ2v) is 7.17. The van der Waals surface area contributed by atoms with Gasteiger partial charge in [0.1, 0.15) is 17.6 Å². The Bertz CT molecular complexity index is 685. The highest BCUT2D eigenvalue weighted by molar-refractivity contribution is 5.82. The third-order valence-corrected chi connectivity index (χ3v) is 5.51. The van der Waals surface area contributed by atoms with E-state index in [4.69, 9.17) is 9.72 Å². The lowest BCUT2D eigenvalue weighted by atomic mass is 9.95. The summed E-state index contributed by atoms with van der Waals surface area (Å²) in [4.78, 5) is 36.0. The normalized spacial score (nSPS) is 26.6. The molecule has 2 aliphatic heterocycles. The van der Waals surface area contributed by atoms with Crippen molar-refractivity contribution in [1.82, 2.24) is 14.9 Å². The van der Waals surface area contributed by atoms with E-state index >= 15 is 0 Å². The molecule has 4 rings (SSSR count). The standard InChI is InChI=1S/C17H23N5O4/c23-17(13-11-14(13)22(24)25)21-5-2-12(3-6-21)16-18-4-1-15(19-16)20-7-9-26-10-8-20/h1,4,12-14H,2-3,5-11H2/t13-,14-/m1/s1. The van der Waals surface area contributed by atoms with Gasteiger partial charge >= 0.3 is 0 Å². The summed E-state index contributed by atoms with van der Waals surface area (Å²) < 4.78 is 5.38. The zero-order valence-corrected chi connectivity index (χ0v) is 14.6. The van der Waals surface area contributed by atoms with E-state index in [1.807, 2.05) is 6.07 Å². The number of rotatable bonds is 4. The Hall–Kier alpha value is -2.29. The zero-order chi connectivity index (χ0) is 18.1. The number of nitro groups is 1. The lowest BCUT2D eigenvalue weighted by Gasteiger charge is -2.32. The highest BCUT2D eigenvalue weighted by Gasteiger charge is 2.54. The summed E-state index contributed by atoms with van der Waals surface area (Å²) >= 11 is 0. The van der Waals surface area contributed by atoms with E-state index in [2.05, 4.69) is 9.88 Å². The first kappa shape index (κ1) is 17.1. The van der Waals surface area contributed by atoms with Gasteiger partial charge in [0.05, 0.1) is 13.2 Å². The largest absolute Gasteiger partial charge is 0.378 e. The van der Waals surface area contributed by atoms with Crippen molar-refractivity contribution in [3.63, 3.8) is 0 Å². The minimum Gasteiger partial charge on any atom is -0.378 e. The molecule has 1 aliphatic carbocycles. The van der Waals surface area contributed by atoms with Crippen LogP contribution in [0.4, 0.5) is 5.82 Å². The summed E-state index contributed by atoms with van der Waals surface area (Å²) in [6.45, 7) is 4.34. The second kappa shape index (κ2) is 7.14. The number of anilines is 1. The van der Waals surface area contributed by atoms with E-state index in [-0.39, 0.29) is 16.7 Å². The molecular formula is C17H23N5O4. The van der Waals surface area contributed by atoms with Crippen LogP contribution in [0.5, 0.6) is 0 Å². The van der Waals surface area contributed by atoms with Crippen molar-refractivity contribution < 1.29 is 14.5 Å². The first-order valence-corrected chi connectivity index (χ1v) is 9.21. The quantitative estimate of drug-likeness (QED) is 0.574. The van der Waals surface area contributed by atoms with Gasteiger partial charge in [0.25, 0.3) is 0 Å². The molecule has 1 amide bonds. The summed E-state index contributed by atoms with van der Waals surface area (Å²) in [5.74, 6) is 1.51. The highest BCUT2D eigenvalue weighted by atomic mass is 16.6. The number of carbonyl (C=O) groups excluding carboxylic acids is 1. The van der Waals surface area contributed by atoms with Crippen LogP contribution in [0.25, 0.3) is 0 Å². The van der Waals surface area contributed by atoms with Gasteiger partial charge in [-0.05, 0) is 18.9 Å². The van der Waals surface area contributed by atoms with Gasteiger partial charge in [0.2, 0.25) is 11.9 Å². The Balaban J connectivity index is 1.35. The number of hydrogen-bond acceptors (Lipinski definition) is 7. The topological polar surface area (TPSA) is 102 Å². The molecule has 2 saturated heterocycles. The maximum Gasteiger partial charge on any atom is 0.232 e. The highest BCUT2D eigenvalue weighted by Crippen LogP contribution is 2.36. The molecule has 3 aliphatic rings. The lowest BCUT2D eigenvalue weighted by molar-refractivity contribution is -0.497. The molecule has 0 bridgehead atoms. The SMILES string of the molecule is O=C([C@@H]1C[C@H]1[N+](=O)[O-])N1CCC(c2nccc(N3CCOCC3)n2)CC1. The Morgan fingerprint density at radius 1 is 1.23 bits per heavy atom. The van der Waals surface area contributed by atoms with Crippen molar-refractivity contribution in [3.8, 4) is 0 Å². The molecule has 3 fully saturated rings. The van der Waals surface area contributed by atoms with Crippen molar-refractivity contribution in [2.45, 2.75) is 31.2 Å². The van der Waals surface area contributed by atoms with Gasteiger partial charge in [-0.15, -0.1) is 0 Å². The predicted octanol–water partition coefficient (Wildman–Crippen LogP) is 0.684. The molecule has 0 spiro atoms. The number of likely N-dealkylation sites (tertiary alicyclic amines) is 1. The van der Waals surface area contributed by atoms with E-state index in [1.165, 1.54) is 0 Å². The molecule has 0 N–H and O–H groups in total. The van der Waals surface area contributed by atoms with Crippen LogP contribution >= 0.6 is 0 Å². The Morgan fingerprint density at radius 2 is 1.96 bits per heavy atom. The van der Waals surface area contributed by atoms with Crippen molar-refractivity contribution in [3.05, 3.63) is 28.2 Å². The van der Waals surface area contributed by atoms with Crippen LogP contribution < -0.4 is 4.90 Å². The van der Waals surface area contributed by atoms with Crippen LogP contribution in [-0.2, 0) is 9.53 Å². The first-order chi connectivity index (χ1) is 12.6. The Morgan fingerprint density at radius 3 is 2.62 bits per heavy atom. The number of amides is 1. The molecule has 3 heterocycles. The number of nitrogens with zero attached hydrogens (tertiary/aromatic N) is 5. The zero-order valence-electron chi connectivity index (χ0n) is 14.6. The summed E-state index contributed by atoms with van der Waals surface area (Å²) in [6, 6.07) is 1.26. The summed E-state index contributed by atoms with van der Waals surface area (Å²) in [5.41, 5.74) is 0. The van der Waals surface area contributed by atoms with E-state index in [0.29, 0.717) is 32.7 Å². The van der Waals surface area contributed by atoms with Gasteiger partial charge < -0.3 is 14.5 Å². The summed E-state index contributed by atoms with van der Waals surface area (Å²) in [7, 11) is 0. The van der Waals surface area contributed by atoms with E-state index in [1.54, 1.807) is 11.1 Å². The van der Waals surface area contributed by atoms with Gasteiger partial charge in [0.15, 0.2) is 0 Å². The minimum absolute atomic E-state index is 0.0619. The Labute approximate surface area is 151 Å². The number of piperidine rings is 1. The lowest BCUT2D eigenvalue weighted by Crippen LogP contribution is -2.40. The minimum atomic E-state index is -0.672. The number of hydrogen-bond donors (Lipinski definition) is 0. The van der Waals surface area contributed by atoms with E-state index < -0.39 is 12.0 Å². The number of morpholine rings is 1. The van der Waals surface area contributed by atoms with Gasteiger partial charge in [-0.1, -0.05) is 0 Å². The third kappa shape index (κ3) is 3.48. The third-order valence-electron chi connectivity index (χ3n) is 5.51. The van der Waals surface area contributed by atoms with Crippen LogP contribution in [-0.4, -0.2) is 71.1 Å². The molecule has 26 heavy (non-hydrogen) atoms. The molecule has 1 aromatic heterocycles. The second-order valence-electron chi connectivity index (χ2n) is 7.17. The maximum atomic E-state index is 12.4. The molecule has 1 aromatic rings. The average Bonchev–Trinajstić information content (AvgIpc) is 3.50. The molecular weight excluding hydrogens is 338 g/mol. The van der Waals surface area contributed by atoms with Crippen molar-refractivity contribution in [2.75, 3.05) is 44.3 Å². The van der Waals surface area contributed by atoms with Gasteiger partial charge in [-0.25, -0.2) is 9.97 Å². The monoisotopic (exact) mass is 361 g/mol. The molecule has 1 saturated carbocycles. The van der Waals surface area contributed by atoms with Crippen molar-refractivity contribution in [1.29, 1.82) is 0 Å². The fraction of sp³-hybridized carbons (Fsp3) is 0.706. The first-order valence-electron chi connectivity index (χ1n) is 9.21. The molecule has 0 aromatic carbocycles. The molecule has 0 radical (unpaired) electrons. The van der Waals surface area contributed by atoms with Crippen LogP contribution in [0.1, 0.15) is 31.0 Å². The number of ether oxygens (including phenoxy) is 1. The molecule has 0 unspecified atom stereocenters. The average molecular weight is 361 g/mol. The Kier molecular flexibility index (Phi) is 4.71. The van der Waals surface area contributed by atoms with Crippen molar-refractivity contribution >= 4 is 11.7 Å². The summed E-state index contributed by atoms with van der Waals surface area (Å²) in [5, 5.41) is 10.8. The van der Waals surface area contributed by atoms with Crippen LogP contribution in [0.15, 0.2) is 12.3 Å². The van der Waals surface area contributed by atoms with Crippen LogP contribution in [0.2, 0.25) is 0 Å². The number of carbonyl (C=O) groups is 1. The van der Waals surface area contributed by atoms with Gasteiger partial charge in [-0.3, -0.25) is 14.9 Å². The van der Waals surface area contributed by atoms with Crippen LogP contribution in [0, 0.1) is 16.0 Å². The van der Waals surface area contributed by atoms with Gasteiger partial charge in [-0.2, -0.15) is 0 Å². The number of aromatic nitrogens is 2. The van der Waals surface area contributed by atoms with Crippen LogP contribution in [0.3, 0.4) is 0 Å². The molecule has 140 valence electrons. The predicted molar refractivity (Wildman–Crippen MR) is 92.5 cm³/mol. The fourth-order valence-corrected chi connectivity index (χ4v) is 3.80. The molecule has 2 atom stereocenters. The summed E-state index contributed by atoms with van der Waals surface area (Å²) in [6.07, 6.45) is 3.79. The molecule has 9 nitrogen and oxygen atoms in total. The van der Waals surface area contributed by atoms with E-state index in [0.717, 1.165) is 37.6 Å².